The lowest BCUT2D eigenvalue weighted by Crippen LogP contribution is -2.15. The van der Waals surface area contributed by atoms with Crippen molar-refractivity contribution in [3.63, 3.8) is 0 Å². The van der Waals surface area contributed by atoms with Gasteiger partial charge in [-0.25, -0.2) is 0 Å². The lowest BCUT2D eigenvalue weighted by Gasteiger charge is -2.10. The van der Waals surface area contributed by atoms with Crippen LogP contribution in [-0.2, 0) is 13.1 Å². The van der Waals surface area contributed by atoms with E-state index in [4.69, 9.17) is 0 Å². The van der Waals surface area contributed by atoms with Gasteiger partial charge in [-0.2, -0.15) is 0 Å². The van der Waals surface area contributed by atoms with Crippen molar-refractivity contribution >= 4 is 0 Å². The fourth-order valence-corrected chi connectivity index (χ4v) is 1.79. The summed E-state index contributed by atoms with van der Waals surface area (Å²) in [6.45, 7) is 5.37. The first-order chi connectivity index (χ1) is 6.40. The second-order valence-electron chi connectivity index (χ2n) is 3.51. The zero-order valence-electron chi connectivity index (χ0n) is 8.03. The van der Waals surface area contributed by atoms with Crippen molar-refractivity contribution in [2.45, 2.75) is 20.0 Å². The summed E-state index contributed by atoms with van der Waals surface area (Å²) >= 11 is 0. The van der Waals surface area contributed by atoms with E-state index in [9.17, 15) is 0 Å². The third-order valence-corrected chi connectivity index (χ3v) is 2.51. The molecule has 1 aromatic rings. The van der Waals surface area contributed by atoms with Gasteiger partial charge in [-0.1, -0.05) is 36.4 Å². The van der Waals surface area contributed by atoms with Crippen molar-refractivity contribution < 1.29 is 0 Å². The molecular formula is C12H15N. The summed E-state index contributed by atoms with van der Waals surface area (Å²) in [6, 6.07) is 8.70. The Morgan fingerprint density at radius 3 is 2.38 bits per heavy atom. The molecule has 0 atom stereocenters. The summed E-state index contributed by atoms with van der Waals surface area (Å²) in [5.41, 5.74) is 2.99. The Labute approximate surface area is 79.7 Å². The second kappa shape index (κ2) is 3.75. The third kappa shape index (κ3) is 1.81. The molecule has 0 saturated heterocycles. The van der Waals surface area contributed by atoms with Crippen LogP contribution in [0.5, 0.6) is 0 Å². The number of rotatable bonds is 2. The van der Waals surface area contributed by atoms with E-state index < -0.39 is 0 Å². The van der Waals surface area contributed by atoms with Crippen LogP contribution in [0.1, 0.15) is 18.1 Å². The SMILES string of the molecule is C/C=C/CN1Cc2ccccc2C1. The van der Waals surface area contributed by atoms with Gasteiger partial charge in [0.1, 0.15) is 0 Å². The minimum atomic E-state index is 1.07. The maximum Gasteiger partial charge on any atom is 0.0243 e. The maximum absolute atomic E-state index is 2.45. The van der Waals surface area contributed by atoms with Crippen LogP contribution in [0, 0.1) is 0 Å². The Kier molecular flexibility index (Phi) is 2.46. The highest BCUT2D eigenvalue weighted by atomic mass is 15.1. The van der Waals surface area contributed by atoms with Crippen molar-refractivity contribution in [2.75, 3.05) is 6.54 Å². The highest BCUT2D eigenvalue weighted by Crippen LogP contribution is 2.21. The van der Waals surface area contributed by atoms with E-state index in [1.54, 1.807) is 0 Å². The number of fused-ring (bicyclic) bond motifs is 1. The Hall–Kier alpha value is -1.08. The van der Waals surface area contributed by atoms with E-state index in [-0.39, 0.29) is 0 Å². The second-order valence-corrected chi connectivity index (χ2v) is 3.51. The van der Waals surface area contributed by atoms with Gasteiger partial charge in [-0.15, -0.1) is 0 Å². The third-order valence-electron chi connectivity index (χ3n) is 2.51. The number of allylic oxidation sites excluding steroid dienone is 1. The summed E-state index contributed by atoms with van der Waals surface area (Å²) in [7, 11) is 0. The summed E-state index contributed by atoms with van der Waals surface area (Å²) in [5, 5.41) is 0. The van der Waals surface area contributed by atoms with Gasteiger partial charge in [-0.05, 0) is 18.1 Å². The molecular weight excluding hydrogens is 158 g/mol. The van der Waals surface area contributed by atoms with Crippen molar-refractivity contribution in [1.82, 2.24) is 4.90 Å². The highest BCUT2D eigenvalue weighted by Gasteiger charge is 2.15. The van der Waals surface area contributed by atoms with Crippen molar-refractivity contribution in [3.8, 4) is 0 Å². The van der Waals surface area contributed by atoms with Gasteiger partial charge >= 0.3 is 0 Å². The maximum atomic E-state index is 2.45. The largest absolute Gasteiger partial charge is 0.291 e. The van der Waals surface area contributed by atoms with Crippen molar-refractivity contribution in [1.29, 1.82) is 0 Å². The van der Waals surface area contributed by atoms with Crippen LogP contribution in [-0.4, -0.2) is 11.4 Å². The molecule has 1 nitrogen and oxygen atoms in total. The predicted molar refractivity (Wildman–Crippen MR) is 55.4 cm³/mol. The van der Waals surface area contributed by atoms with Crippen LogP contribution < -0.4 is 0 Å². The number of hydrogen-bond donors (Lipinski definition) is 0. The van der Waals surface area contributed by atoms with Crippen LogP contribution in [0.25, 0.3) is 0 Å². The standard InChI is InChI=1S/C12H15N/c1-2-3-8-13-9-11-6-4-5-7-12(11)10-13/h2-7H,8-10H2,1H3/b3-2+. The quantitative estimate of drug-likeness (QED) is 0.621. The Balaban J connectivity index is 2.05. The molecule has 0 spiro atoms. The lowest BCUT2D eigenvalue weighted by molar-refractivity contribution is 0.317. The van der Waals surface area contributed by atoms with Gasteiger partial charge in [0.05, 0.1) is 0 Å². The molecule has 0 amide bonds. The Morgan fingerprint density at radius 2 is 1.85 bits per heavy atom. The van der Waals surface area contributed by atoms with E-state index in [0.29, 0.717) is 0 Å². The van der Waals surface area contributed by atoms with Crippen LogP contribution in [0.2, 0.25) is 0 Å². The number of benzene rings is 1. The van der Waals surface area contributed by atoms with E-state index in [0.717, 1.165) is 19.6 Å². The molecule has 1 heterocycles. The normalized spacial score (nSPS) is 16.7. The molecule has 0 bridgehead atoms. The molecule has 68 valence electrons. The number of hydrogen-bond acceptors (Lipinski definition) is 1. The van der Waals surface area contributed by atoms with Gasteiger partial charge in [0.15, 0.2) is 0 Å². The summed E-state index contributed by atoms with van der Waals surface area (Å²) < 4.78 is 0. The Bertz CT molecular complexity index is 290. The molecule has 0 radical (unpaired) electrons. The average Bonchev–Trinajstić information content (AvgIpc) is 2.57. The molecule has 0 unspecified atom stereocenters. The van der Waals surface area contributed by atoms with Gasteiger partial charge in [0, 0.05) is 19.6 Å². The summed E-state index contributed by atoms with van der Waals surface area (Å²) in [6.07, 6.45) is 4.33. The topological polar surface area (TPSA) is 3.24 Å². The monoisotopic (exact) mass is 173 g/mol. The molecule has 0 saturated carbocycles. The lowest BCUT2D eigenvalue weighted by atomic mass is 10.1. The van der Waals surface area contributed by atoms with Crippen molar-refractivity contribution in [3.05, 3.63) is 47.5 Å². The van der Waals surface area contributed by atoms with Gasteiger partial charge < -0.3 is 0 Å². The average molecular weight is 173 g/mol. The Morgan fingerprint density at radius 1 is 1.23 bits per heavy atom. The van der Waals surface area contributed by atoms with Crippen LogP contribution in [0.4, 0.5) is 0 Å². The van der Waals surface area contributed by atoms with Crippen molar-refractivity contribution in [2.24, 2.45) is 0 Å². The zero-order chi connectivity index (χ0) is 9.10. The minimum absolute atomic E-state index is 1.07. The first-order valence-electron chi connectivity index (χ1n) is 4.80. The molecule has 1 heteroatoms. The predicted octanol–water partition coefficient (Wildman–Crippen LogP) is 2.58. The highest BCUT2D eigenvalue weighted by molar-refractivity contribution is 5.30. The molecule has 0 aromatic heterocycles. The summed E-state index contributed by atoms with van der Waals surface area (Å²) in [5.74, 6) is 0. The smallest absolute Gasteiger partial charge is 0.0243 e. The molecule has 0 aliphatic carbocycles. The molecule has 1 aromatic carbocycles. The van der Waals surface area contributed by atoms with Crippen LogP contribution in [0.15, 0.2) is 36.4 Å². The first kappa shape index (κ1) is 8.52. The molecule has 13 heavy (non-hydrogen) atoms. The van der Waals surface area contributed by atoms with Gasteiger partial charge in [0.25, 0.3) is 0 Å². The van der Waals surface area contributed by atoms with E-state index >= 15 is 0 Å². The van der Waals surface area contributed by atoms with Crippen LogP contribution >= 0.6 is 0 Å². The molecule has 0 N–H and O–H groups in total. The van der Waals surface area contributed by atoms with E-state index in [1.807, 2.05) is 0 Å². The molecule has 2 rings (SSSR count). The van der Waals surface area contributed by atoms with Gasteiger partial charge in [-0.3, -0.25) is 4.90 Å². The zero-order valence-corrected chi connectivity index (χ0v) is 8.03. The molecule has 1 aliphatic heterocycles. The minimum Gasteiger partial charge on any atom is -0.291 e. The fraction of sp³-hybridized carbons (Fsp3) is 0.333. The summed E-state index contributed by atoms with van der Waals surface area (Å²) in [4.78, 5) is 2.45. The fourth-order valence-electron chi connectivity index (χ4n) is 1.79. The first-order valence-corrected chi connectivity index (χ1v) is 4.80. The molecule has 1 aliphatic rings. The van der Waals surface area contributed by atoms with E-state index in [1.165, 1.54) is 11.1 Å². The van der Waals surface area contributed by atoms with Crippen LogP contribution in [0.3, 0.4) is 0 Å². The van der Waals surface area contributed by atoms with E-state index in [2.05, 4.69) is 48.2 Å². The number of nitrogens with zero attached hydrogens (tertiary/aromatic N) is 1. The molecule has 0 fully saturated rings. The van der Waals surface area contributed by atoms with Gasteiger partial charge in [0.2, 0.25) is 0 Å².